The van der Waals surface area contributed by atoms with E-state index >= 15 is 0 Å². The van der Waals surface area contributed by atoms with Crippen molar-refractivity contribution >= 4 is 12.4 Å². The molecule has 2 heteroatoms. The fraction of sp³-hybridized carbons (Fsp3) is 0.400. The van der Waals surface area contributed by atoms with Crippen molar-refractivity contribution in [2.75, 3.05) is 0 Å². The van der Waals surface area contributed by atoms with Gasteiger partial charge >= 0.3 is 0 Å². The Morgan fingerprint density at radius 2 is 1.83 bits per heavy atom. The lowest BCUT2D eigenvalue weighted by Crippen LogP contribution is -2.06. The standard InChI is InChI=1S/C10H15N.ClH/c1-7-4-5-10(9(3)11)8(2)6-7;/h4-6,9H,11H2,1-3H3;1H/t9-;/m1./s1. The molecule has 2 N–H and O–H groups in total. The van der Waals surface area contributed by atoms with Gasteiger partial charge in [-0.05, 0) is 31.9 Å². The lowest BCUT2D eigenvalue weighted by Gasteiger charge is -2.09. The predicted octanol–water partition coefficient (Wildman–Crippen LogP) is 2.74. The van der Waals surface area contributed by atoms with E-state index in [9.17, 15) is 0 Å². The third-order valence-corrected chi connectivity index (χ3v) is 1.92. The molecule has 1 rings (SSSR count). The van der Waals surface area contributed by atoms with Gasteiger partial charge in [0, 0.05) is 6.04 Å². The second-order valence-electron chi connectivity index (χ2n) is 3.15. The Bertz CT molecular complexity index is 256. The van der Waals surface area contributed by atoms with Gasteiger partial charge in [-0.25, -0.2) is 0 Å². The van der Waals surface area contributed by atoms with Crippen LogP contribution in [0.3, 0.4) is 0 Å². The number of benzene rings is 1. The van der Waals surface area contributed by atoms with Gasteiger partial charge in [-0.1, -0.05) is 23.8 Å². The van der Waals surface area contributed by atoms with Crippen molar-refractivity contribution in [2.24, 2.45) is 5.73 Å². The van der Waals surface area contributed by atoms with Crippen LogP contribution in [0.2, 0.25) is 0 Å². The lowest BCUT2D eigenvalue weighted by atomic mass is 10.0. The van der Waals surface area contributed by atoms with Crippen molar-refractivity contribution in [1.29, 1.82) is 0 Å². The molecule has 0 heterocycles. The summed E-state index contributed by atoms with van der Waals surface area (Å²) in [5.41, 5.74) is 9.60. The average molecular weight is 186 g/mol. The molecule has 12 heavy (non-hydrogen) atoms. The summed E-state index contributed by atoms with van der Waals surface area (Å²) >= 11 is 0. The van der Waals surface area contributed by atoms with Crippen LogP contribution >= 0.6 is 12.4 Å². The minimum absolute atomic E-state index is 0. The molecule has 0 spiro atoms. The van der Waals surface area contributed by atoms with Crippen molar-refractivity contribution in [2.45, 2.75) is 26.8 Å². The molecule has 0 radical (unpaired) electrons. The summed E-state index contributed by atoms with van der Waals surface area (Å²) < 4.78 is 0. The van der Waals surface area contributed by atoms with E-state index in [1.807, 2.05) is 6.92 Å². The van der Waals surface area contributed by atoms with Gasteiger partial charge in [0.15, 0.2) is 0 Å². The topological polar surface area (TPSA) is 26.0 Å². The molecule has 0 fully saturated rings. The Labute approximate surface area is 80.4 Å². The number of halogens is 1. The zero-order valence-electron chi connectivity index (χ0n) is 7.79. The molecule has 1 aromatic rings. The zero-order chi connectivity index (χ0) is 8.43. The highest BCUT2D eigenvalue weighted by atomic mass is 35.5. The molecule has 0 amide bonds. The average Bonchev–Trinajstić information content (AvgIpc) is 1.85. The molecule has 0 aromatic heterocycles. The second kappa shape index (κ2) is 4.48. The van der Waals surface area contributed by atoms with Gasteiger partial charge in [0.25, 0.3) is 0 Å². The first-order chi connectivity index (χ1) is 5.11. The van der Waals surface area contributed by atoms with Gasteiger partial charge < -0.3 is 5.73 Å². The van der Waals surface area contributed by atoms with E-state index in [1.54, 1.807) is 0 Å². The SMILES string of the molecule is Cc1ccc([C@@H](C)N)c(C)c1.Cl. The van der Waals surface area contributed by atoms with Gasteiger partial charge in [-0.15, -0.1) is 12.4 Å². The first kappa shape index (κ1) is 11.5. The summed E-state index contributed by atoms with van der Waals surface area (Å²) in [4.78, 5) is 0. The maximum absolute atomic E-state index is 5.76. The van der Waals surface area contributed by atoms with Crippen molar-refractivity contribution in [3.63, 3.8) is 0 Å². The monoisotopic (exact) mass is 185 g/mol. The van der Waals surface area contributed by atoms with Crippen LogP contribution in [0.4, 0.5) is 0 Å². The Hall–Kier alpha value is -0.530. The molecule has 1 aromatic carbocycles. The maximum Gasteiger partial charge on any atom is 0.0268 e. The third kappa shape index (κ3) is 2.50. The Balaban J connectivity index is 0.00000121. The summed E-state index contributed by atoms with van der Waals surface area (Å²) in [7, 11) is 0. The molecule has 0 saturated carbocycles. The Morgan fingerprint density at radius 3 is 2.25 bits per heavy atom. The van der Waals surface area contributed by atoms with Crippen LogP contribution in [0.15, 0.2) is 18.2 Å². The van der Waals surface area contributed by atoms with Crippen LogP contribution < -0.4 is 5.73 Å². The van der Waals surface area contributed by atoms with Crippen molar-refractivity contribution < 1.29 is 0 Å². The highest BCUT2D eigenvalue weighted by Crippen LogP contribution is 2.15. The Morgan fingerprint density at radius 1 is 1.25 bits per heavy atom. The molecule has 0 aliphatic heterocycles. The summed E-state index contributed by atoms with van der Waals surface area (Å²) in [5.74, 6) is 0. The molecular weight excluding hydrogens is 170 g/mol. The predicted molar refractivity (Wildman–Crippen MR) is 55.8 cm³/mol. The van der Waals surface area contributed by atoms with Crippen LogP contribution in [0.1, 0.15) is 29.7 Å². The van der Waals surface area contributed by atoms with E-state index in [0.717, 1.165) is 0 Å². The molecule has 0 saturated heterocycles. The lowest BCUT2D eigenvalue weighted by molar-refractivity contribution is 0.809. The van der Waals surface area contributed by atoms with Crippen LogP contribution in [0.5, 0.6) is 0 Å². The van der Waals surface area contributed by atoms with Gasteiger partial charge in [0.1, 0.15) is 0 Å². The van der Waals surface area contributed by atoms with Gasteiger partial charge in [-0.3, -0.25) is 0 Å². The van der Waals surface area contributed by atoms with Crippen LogP contribution in [-0.2, 0) is 0 Å². The maximum atomic E-state index is 5.76. The molecule has 0 aliphatic rings. The highest BCUT2D eigenvalue weighted by molar-refractivity contribution is 5.85. The van der Waals surface area contributed by atoms with Crippen LogP contribution in [0, 0.1) is 13.8 Å². The highest BCUT2D eigenvalue weighted by Gasteiger charge is 2.01. The summed E-state index contributed by atoms with van der Waals surface area (Å²) in [6.45, 7) is 6.21. The number of aryl methyl sites for hydroxylation is 2. The minimum atomic E-state index is 0. The van der Waals surface area contributed by atoms with Crippen molar-refractivity contribution in [1.82, 2.24) is 0 Å². The molecule has 1 nitrogen and oxygen atoms in total. The first-order valence-corrected chi connectivity index (χ1v) is 3.94. The molecule has 0 aliphatic carbocycles. The first-order valence-electron chi connectivity index (χ1n) is 3.94. The van der Waals surface area contributed by atoms with Gasteiger partial charge in [-0.2, -0.15) is 0 Å². The number of rotatable bonds is 1. The number of hydrogen-bond acceptors (Lipinski definition) is 1. The van der Waals surface area contributed by atoms with Crippen molar-refractivity contribution in [3.05, 3.63) is 34.9 Å². The molecule has 0 unspecified atom stereocenters. The third-order valence-electron chi connectivity index (χ3n) is 1.92. The van der Waals surface area contributed by atoms with E-state index in [4.69, 9.17) is 5.73 Å². The zero-order valence-corrected chi connectivity index (χ0v) is 8.61. The van der Waals surface area contributed by atoms with E-state index < -0.39 is 0 Å². The van der Waals surface area contributed by atoms with E-state index in [2.05, 4.69) is 32.0 Å². The van der Waals surface area contributed by atoms with Crippen LogP contribution in [0.25, 0.3) is 0 Å². The van der Waals surface area contributed by atoms with Gasteiger partial charge in [0.2, 0.25) is 0 Å². The van der Waals surface area contributed by atoms with E-state index in [0.29, 0.717) is 0 Å². The second-order valence-corrected chi connectivity index (χ2v) is 3.15. The largest absolute Gasteiger partial charge is 0.324 e. The van der Waals surface area contributed by atoms with E-state index in [1.165, 1.54) is 16.7 Å². The quantitative estimate of drug-likeness (QED) is 0.716. The Kier molecular flexibility index (Phi) is 4.29. The fourth-order valence-corrected chi connectivity index (χ4v) is 1.34. The molecule has 68 valence electrons. The smallest absolute Gasteiger partial charge is 0.0268 e. The fourth-order valence-electron chi connectivity index (χ4n) is 1.34. The van der Waals surface area contributed by atoms with Crippen molar-refractivity contribution in [3.8, 4) is 0 Å². The molecule has 0 bridgehead atoms. The summed E-state index contributed by atoms with van der Waals surface area (Å²) in [5, 5.41) is 0. The summed E-state index contributed by atoms with van der Waals surface area (Å²) in [6.07, 6.45) is 0. The number of hydrogen-bond donors (Lipinski definition) is 1. The normalized spacial score (nSPS) is 12.0. The molecular formula is C10H16ClN. The summed E-state index contributed by atoms with van der Waals surface area (Å²) in [6, 6.07) is 6.52. The molecule has 1 atom stereocenters. The number of nitrogens with two attached hydrogens (primary N) is 1. The van der Waals surface area contributed by atoms with E-state index in [-0.39, 0.29) is 18.4 Å². The van der Waals surface area contributed by atoms with Gasteiger partial charge in [0.05, 0.1) is 0 Å². The minimum Gasteiger partial charge on any atom is -0.324 e. The van der Waals surface area contributed by atoms with Crippen LogP contribution in [-0.4, -0.2) is 0 Å².